The zero-order chi connectivity index (χ0) is 12.0. The first kappa shape index (κ1) is 12.4. The van der Waals surface area contributed by atoms with Gasteiger partial charge in [-0.1, -0.05) is 19.8 Å². The Kier molecular flexibility index (Phi) is 4.64. The van der Waals surface area contributed by atoms with Crippen LogP contribution in [0.3, 0.4) is 0 Å². The van der Waals surface area contributed by atoms with Crippen LogP contribution in [0.4, 0.5) is 11.4 Å². The zero-order valence-corrected chi connectivity index (χ0v) is 9.62. The van der Waals surface area contributed by atoms with Gasteiger partial charge in [-0.2, -0.15) is 0 Å². The monoisotopic (exact) mass is 221 g/mol. The molecule has 0 fully saturated rings. The van der Waals surface area contributed by atoms with Crippen molar-refractivity contribution in [2.45, 2.75) is 26.2 Å². The van der Waals surface area contributed by atoms with Crippen molar-refractivity contribution in [1.82, 2.24) is 5.32 Å². The summed E-state index contributed by atoms with van der Waals surface area (Å²) in [5.74, 6) is -0.116. The standard InChI is InChI=1S/C12H19N3O/c1-2-3-4-5-15-12(16)9-6-10(13)8-11(14)7-9/h6-8H,2-5,13-14H2,1H3,(H,15,16). The maximum Gasteiger partial charge on any atom is 0.251 e. The fourth-order valence-electron chi connectivity index (χ4n) is 1.49. The molecule has 0 spiro atoms. The summed E-state index contributed by atoms with van der Waals surface area (Å²) < 4.78 is 0. The summed E-state index contributed by atoms with van der Waals surface area (Å²) in [6, 6.07) is 4.89. The van der Waals surface area contributed by atoms with Crippen LogP contribution >= 0.6 is 0 Å². The van der Waals surface area contributed by atoms with E-state index in [0.29, 0.717) is 23.5 Å². The first-order chi connectivity index (χ1) is 7.63. The molecule has 0 radical (unpaired) electrons. The molecular weight excluding hydrogens is 202 g/mol. The normalized spacial score (nSPS) is 10.1. The molecule has 88 valence electrons. The van der Waals surface area contributed by atoms with E-state index in [1.165, 1.54) is 0 Å². The Morgan fingerprint density at radius 2 is 1.81 bits per heavy atom. The van der Waals surface area contributed by atoms with E-state index in [2.05, 4.69) is 12.2 Å². The summed E-state index contributed by atoms with van der Waals surface area (Å²) >= 11 is 0. The molecule has 0 saturated heterocycles. The van der Waals surface area contributed by atoms with Crippen molar-refractivity contribution in [3.63, 3.8) is 0 Å². The second-order valence-electron chi connectivity index (χ2n) is 3.85. The van der Waals surface area contributed by atoms with Crippen molar-refractivity contribution in [1.29, 1.82) is 0 Å². The number of benzene rings is 1. The van der Waals surface area contributed by atoms with Crippen LogP contribution < -0.4 is 16.8 Å². The molecular formula is C12H19N3O. The third-order valence-electron chi connectivity index (χ3n) is 2.31. The van der Waals surface area contributed by atoms with Crippen molar-refractivity contribution >= 4 is 17.3 Å². The second-order valence-corrected chi connectivity index (χ2v) is 3.85. The topological polar surface area (TPSA) is 81.1 Å². The molecule has 4 heteroatoms. The van der Waals surface area contributed by atoms with Crippen LogP contribution in [0.1, 0.15) is 36.5 Å². The molecule has 0 unspecified atom stereocenters. The summed E-state index contributed by atoms with van der Waals surface area (Å²) in [6.07, 6.45) is 3.26. The van der Waals surface area contributed by atoms with E-state index in [-0.39, 0.29) is 5.91 Å². The first-order valence-electron chi connectivity index (χ1n) is 5.57. The summed E-state index contributed by atoms with van der Waals surface area (Å²) in [5, 5.41) is 2.84. The number of nitrogens with one attached hydrogen (secondary N) is 1. The molecule has 1 amide bonds. The molecule has 16 heavy (non-hydrogen) atoms. The SMILES string of the molecule is CCCCCNC(=O)c1cc(N)cc(N)c1. The highest BCUT2D eigenvalue weighted by atomic mass is 16.1. The van der Waals surface area contributed by atoms with E-state index < -0.39 is 0 Å². The van der Waals surface area contributed by atoms with Gasteiger partial charge >= 0.3 is 0 Å². The summed E-state index contributed by atoms with van der Waals surface area (Å²) in [6.45, 7) is 2.82. The van der Waals surface area contributed by atoms with Gasteiger partial charge in [0.25, 0.3) is 5.91 Å². The van der Waals surface area contributed by atoms with Gasteiger partial charge in [-0.3, -0.25) is 4.79 Å². The molecule has 0 aromatic heterocycles. The number of amides is 1. The molecule has 1 aromatic rings. The molecule has 4 nitrogen and oxygen atoms in total. The minimum Gasteiger partial charge on any atom is -0.399 e. The fraction of sp³-hybridized carbons (Fsp3) is 0.417. The largest absolute Gasteiger partial charge is 0.399 e. The van der Waals surface area contributed by atoms with Crippen molar-refractivity contribution in [2.24, 2.45) is 0 Å². The number of hydrogen-bond acceptors (Lipinski definition) is 3. The zero-order valence-electron chi connectivity index (χ0n) is 9.62. The van der Waals surface area contributed by atoms with Crippen molar-refractivity contribution < 1.29 is 4.79 Å². The average Bonchev–Trinajstić information content (AvgIpc) is 2.22. The van der Waals surface area contributed by atoms with Crippen molar-refractivity contribution in [2.75, 3.05) is 18.0 Å². The number of carbonyl (C=O) groups excluding carboxylic acids is 1. The van der Waals surface area contributed by atoms with Crippen LogP contribution in [0.5, 0.6) is 0 Å². The molecule has 0 aliphatic carbocycles. The Bertz CT molecular complexity index is 343. The number of carbonyl (C=O) groups is 1. The van der Waals surface area contributed by atoms with Crippen LogP contribution in [0.25, 0.3) is 0 Å². The van der Waals surface area contributed by atoms with E-state index >= 15 is 0 Å². The van der Waals surface area contributed by atoms with Gasteiger partial charge in [0, 0.05) is 23.5 Å². The lowest BCUT2D eigenvalue weighted by Gasteiger charge is -2.06. The fourth-order valence-corrected chi connectivity index (χ4v) is 1.49. The number of nitrogens with two attached hydrogens (primary N) is 2. The quantitative estimate of drug-likeness (QED) is 0.523. The molecule has 5 N–H and O–H groups in total. The summed E-state index contributed by atoms with van der Waals surface area (Å²) in [7, 11) is 0. The van der Waals surface area contributed by atoms with Crippen LogP contribution in [-0.4, -0.2) is 12.5 Å². The molecule has 0 atom stereocenters. The maximum absolute atomic E-state index is 11.7. The Morgan fingerprint density at radius 3 is 2.38 bits per heavy atom. The third kappa shape index (κ3) is 3.81. The van der Waals surface area contributed by atoms with Crippen LogP contribution in [0.15, 0.2) is 18.2 Å². The van der Waals surface area contributed by atoms with Gasteiger partial charge in [0.05, 0.1) is 0 Å². The number of rotatable bonds is 5. The number of unbranched alkanes of at least 4 members (excludes halogenated alkanes) is 2. The van der Waals surface area contributed by atoms with Crippen LogP contribution in [0, 0.1) is 0 Å². The third-order valence-corrected chi connectivity index (χ3v) is 2.31. The lowest BCUT2D eigenvalue weighted by atomic mass is 10.1. The van der Waals surface area contributed by atoms with Crippen LogP contribution in [0.2, 0.25) is 0 Å². The Morgan fingerprint density at radius 1 is 1.19 bits per heavy atom. The minimum absolute atomic E-state index is 0.116. The number of anilines is 2. The van der Waals surface area contributed by atoms with Gasteiger partial charge in [-0.05, 0) is 24.6 Å². The van der Waals surface area contributed by atoms with E-state index in [4.69, 9.17) is 11.5 Å². The lowest BCUT2D eigenvalue weighted by molar-refractivity contribution is 0.0953. The lowest BCUT2D eigenvalue weighted by Crippen LogP contribution is -2.24. The van der Waals surface area contributed by atoms with E-state index in [0.717, 1.165) is 19.3 Å². The Balaban J connectivity index is 2.52. The molecule has 1 rings (SSSR count). The molecule has 0 heterocycles. The summed E-state index contributed by atoms with van der Waals surface area (Å²) in [5.41, 5.74) is 12.8. The molecule has 0 bridgehead atoms. The highest BCUT2D eigenvalue weighted by Crippen LogP contribution is 2.13. The Hall–Kier alpha value is -1.71. The van der Waals surface area contributed by atoms with E-state index in [9.17, 15) is 4.79 Å². The predicted octanol–water partition coefficient (Wildman–Crippen LogP) is 1.77. The Labute approximate surface area is 96.0 Å². The van der Waals surface area contributed by atoms with Gasteiger partial charge < -0.3 is 16.8 Å². The predicted molar refractivity (Wildman–Crippen MR) is 67.1 cm³/mol. The van der Waals surface area contributed by atoms with Crippen LogP contribution in [-0.2, 0) is 0 Å². The maximum atomic E-state index is 11.7. The molecule has 0 aliphatic rings. The number of nitrogen functional groups attached to an aromatic ring is 2. The average molecular weight is 221 g/mol. The van der Waals surface area contributed by atoms with E-state index in [1.54, 1.807) is 18.2 Å². The highest BCUT2D eigenvalue weighted by Gasteiger charge is 2.05. The van der Waals surface area contributed by atoms with Gasteiger partial charge in [0.15, 0.2) is 0 Å². The molecule has 0 aliphatic heterocycles. The highest BCUT2D eigenvalue weighted by molar-refractivity contribution is 5.96. The number of hydrogen-bond donors (Lipinski definition) is 3. The summed E-state index contributed by atoms with van der Waals surface area (Å²) in [4.78, 5) is 11.7. The van der Waals surface area contributed by atoms with Gasteiger partial charge in [0.1, 0.15) is 0 Å². The van der Waals surface area contributed by atoms with E-state index in [1.807, 2.05) is 0 Å². The second kappa shape index (κ2) is 6.00. The molecule has 1 aromatic carbocycles. The molecule has 0 saturated carbocycles. The van der Waals surface area contributed by atoms with Gasteiger partial charge in [-0.15, -0.1) is 0 Å². The van der Waals surface area contributed by atoms with Gasteiger partial charge in [0.2, 0.25) is 0 Å². The minimum atomic E-state index is -0.116. The van der Waals surface area contributed by atoms with Crippen molar-refractivity contribution in [3.05, 3.63) is 23.8 Å². The smallest absolute Gasteiger partial charge is 0.251 e. The first-order valence-corrected chi connectivity index (χ1v) is 5.57. The van der Waals surface area contributed by atoms with Crippen molar-refractivity contribution in [3.8, 4) is 0 Å². The van der Waals surface area contributed by atoms with Gasteiger partial charge in [-0.25, -0.2) is 0 Å².